The number of carbonyl (C=O) groups is 1. The first-order chi connectivity index (χ1) is 8.16. The summed E-state index contributed by atoms with van der Waals surface area (Å²) in [6.45, 7) is 5.10. The highest BCUT2D eigenvalue weighted by atomic mass is 16.2. The Morgan fingerprint density at radius 1 is 1.24 bits per heavy atom. The summed E-state index contributed by atoms with van der Waals surface area (Å²) in [7, 11) is 0. The van der Waals surface area contributed by atoms with Crippen molar-refractivity contribution in [2.45, 2.75) is 33.0 Å². The number of fused-ring (bicyclic) bond motifs is 3. The monoisotopic (exact) mass is 229 g/mol. The molecule has 1 amide bonds. The van der Waals surface area contributed by atoms with E-state index in [1.165, 1.54) is 0 Å². The molecule has 0 N–H and O–H groups in total. The molecule has 1 aliphatic heterocycles. The number of para-hydroxylation sites is 2. The van der Waals surface area contributed by atoms with Crippen molar-refractivity contribution in [2.75, 3.05) is 0 Å². The molecule has 0 atom stereocenters. The lowest BCUT2D eigenvalue weighted by Gasteiger charge is -2.31. The van der Waals surface area contributed by atoms with Gasteiger partial charge in [-0.15, -0.1) is 0 Å². The summed E-state index contributed by atoms with van der Waals surface area (Å²) in [6.07, 6.45) is 0. The Morgan fingerprint density at radius 3 is 2.76 bits per heavy atom. The van der Waals surface area contributed by atoms with E-state index in [9.17, 15) is 4.79 Å². The maximum Gasteiger partial charge on any atom is 0.243 e. The molecule has 4 nitrogen and oxygen atoms in total. The van der Waals surface area contributed by atoms with E-state index in [1.54, 1.807) is 0 Å². The van der Waals surface area contributed by atoms with E-state index in [1.807, 2.05) is 47.6 Å². The lowest BCUT2D eigenvalue weighted by Crippen LogP contribution is -2.43. The zero-order valence-electron chi connectivity index (χ0n) is 10.1. The van der Waals surface area contributed by atoms with Crippen molar-refractivity contribution in [1.29, 1.82) is 0 Å². The Labute approximate surface area is 99.9 Å². The number of carbonyl (C=O) groups excluding carboxylic acids is 1. The van der Waals surface area contributed by atoms with Crippen LogP contribution in [0.15, 0.2) is 24.3 Å². The normalized spacial score (nSPS) is 15.7. The van der Waals surface area contributed by atoms with E-state index < -0.39 is 0 Å². The van der Waals surface area contributed by atoms with Gasteiger partial charge in [-0.3, -0.25) is 4.79 Å². The van der Waals surface area contributed by atoms with Crippen LogP contribution < -0.4 is 0 Å². The molecular formula is C13H15N3O. The second-order valence-corrected chi connectivity index (χ2v) is 4.72. The van der Waals surface area contributed by atoms with Crippen molar-refractivity contribution in [3.05, 3.63) is 30.1 Å². The molecule has 17 heavy (non-hydrogen) atoms. The first-order valence-electron chi connectivity index (χ1n) is 5.90. The number of rotatable bonds is 1. The van der Waals surface area contributed by atoms with Gasteiger partial charge in [-0.25, -0.2) is 4.98 Å². The van der Waals surface area contributed by atoms with Crippen LogP contribution in [0.2, 0.25) is 0 Å². The minimum atomic E-state index is 0.177. The highest BCUT2D eigenvalue weighted by molar-refractivity contribution is 5.82. The van der Waals surface area contributed by atoms with Crippen LogP contribution in [0.3, 0.4) is 0 Å². The fraction of sp³-hybridized carbons (Fsp3) is 0.385. The predicted molar refractivity (Wildman–Crippen MR) is 65.4 cm³/mol. The van der Waals surface area contributed by atoms with Crippen LogP contribution in [0.1, 0.15) is 19.7 Å². The lowest BCUT2D eigenvalue weighted by atomic mass is 10.2. The molecule has 0 fully saturated rings. The minimum absolute atomic E-state index is 0.177. The van der Waals surface area contributed by atoms with Crippen LogP contribution >= 0.6 is 0 Å². The van der Waals surface area contributed by atoms with Gasteiger partial charge in [0.25, 0.3) is 0 Å². The summed E-state index contributed by atoms with van der Waals surface area (Å²) in [5.74, 6) is 1.16. The van der Waals surface area contributed by atoms with E-state index in [2.05, 4.69) is 4.98 Å². The zero-order valence-corrected chi connectivity index (χ0v) is 10.1. The highest BCUT2D eigenvalue weighted by Gasteiger charge is 2.27. The highest BCUT2D eigenvalue weighted by Crippen LogP contribution is 2.22. The van der Waals surface area contributed by atoms with Gasteiger partial charge >= 0.3 is 0 Å². The van der Waals surface area contributed by atoms with Crippen LogP contribution in [0.5, 0.6) is 0 Å². The Bertz CT molecular complexity index is 585. The van der Waals surface area contributed by atoms with Crippen LogP contribution in [-0.2, 0) is 17.9 Å². The number of aromatic nitrogens is 2. The summed E-state index contributed by atoms with van der Waals surface area (Å²) < 4.78 is 2.02. The second-order valence-electron chi connectivity index (χ2n) is 4.72. The third-order valence-corrected chi connectivity index (χ3v) is 3.28. The van der Waals surface area contributed by atoms with Crippen molar-refractivity contribution in [1.82, 2.24) is 14.5 Å². The number of nitrogens with zero attached hydrogens (tertiary/aromatic N) is 3. The van der Waals surface area contributed by atoms with E-state index in [4.69, 9.17) is 0 Å². The molecule has 1 aromatic carbocycles. The molecule has 2 heterocycles. The number of benzene rings is 1. The van der Waals surface area contributed by atoms with Gasteiger partial charge in [0.1, 0.15) is 12.4 Å². The Hall–Kier alpha value is -1.84. The third kappa shape index (κ3) is 1.52. The Morgan fingerprint density at radius 2 is 2.00 bits per heavy atom. The van der Waals surface area contributed by atoms with Crippen molar-refractivity contribution in [3.8, 4) is 0 Å². The number of amides is 1. The van der Waals surface area contributed by atoms with E-state index in [-0.39, 0.29) is 11.9 Å². The van der Waals surface area contributed by atoms with Gasteiger partial charge in [-0.05, 0) is 26.0 Å². The fourth-order valence-corrected chi connectivity index (χ4v) is 2.36. The topological polar surface area (TPSA) is 38.1 Å². The largest absolute Gasteiger partial charge is 0.331 e. The first-order valence-corrected chi connectivity index (χ1v) is 5.90. The minimum Gasteiger partial charge on any atom is -0.331 e. The average Bonchev–Trinajstić information content (AvgIpc) is 2.65. The molecule has 0 saturated carbocycles. The van der Waals surface area contributed by atoms with Gasteiger partial charge in [-0.1, -0.05) is 12.1 Å². The molecular weight excluding hydrogens is 214 g/mol. The second kappa shape index (κ2) is 3.58. The van der Waals surface area contributed by atoms with E-state index in [0.717, 1.165) is 16.9 Å². The van der Waals surface area contributed by atoms with Gasteiger partial charge in [0, 0.05) is 6.04 Å². The summed E-state index contributed by atoms with van der Waals surface area (Å²) in [6, 6.07) is 8.20. The molecule has 3 rings (SSSR count). The van der Waals surface area contributed by atoms with Crippen LogP contribution in [-0.4, -0.2) is 26.4 Å². The molecule has 1 aromatic heterocycles. The Balaban J connectivity index is 2.12. The third-order valence-electron chi connectivity index (χ3n) is 3.28. The van der Waals surface area contributed by atoms with Crippen molar-refractivity contribution < 1.29 is 4.79 Å². The molecule has 88 valence electrons. The van der Waals surface area contributed by atoms with Crippen molar-refractivity contribution in [2.24, 2.45) is 0 Å². The average molecular weight is 229 g/mol. The Kier molecular flexibility index (Phi) is 2.18. The van der Waals surface area contributed by atoms with Crippen LogP contribution in [0.25, 0.3) is 11.0 Å². The van der Waals surface area contributed by atoms with Gasteiger partial charge in [0.05, 0.1) is 17.6 Å². The SMILES string of the molecule is CC(C)N1Cc2nc3ccccc3n2CC1=O. The summed E-state index contributed by atoms with van der Waals surface area (Å²) in [4.78, 5) is 18.5. The summed E-state index contributed by atoms with van der Waals surface area (Å²) in [5.41, 5.74) is 2.03. The molecule has 0 aliphatic carbocycles. The molecule has 0 bridgehead atoms. The predicted octanol–water partition coefficient (Wildman–Crippen LogP) is 1.79. The standard InChI is InChI=1S/C13H15N3O/c1-9(2)15-7-12-14-10-5-3-4-6-11(10)16(12)8-13(15)17/h3-6,9H,7-8H2,1-2H3. The quantitative estimate of drug-likeness (QED) is 0.747. The van der Waals surface area contributed by atoms with Crippen molar-refractivity contribution in [3.63, 3.8) is 0 Å². The van der Waals surface area contributed by atoms with E-state index >= 15 is 0 Å². The van der Waals surface area contributed by atoms with Crippen LogP contribution in [0, 0.1) is 0 Å². The summed E-state index contributed by atoms with van der Waals surface area (Å²) in [5, 5.41) is 0. The van der Waals surface area contributed by atoms with E-state index in [0.29, 0.717) is 13.1 Å². The first kappa shape index (κ1) is 10.3. The van der Waals surface area contributed by atoms with Gasteiger partial charge in [0.2, 0.25) is 5.91 Å². The molecule has 4 heteroatoms. The van der Waals surface area contributed by atoms with Gasteiger partial charge in [0.15, 0.2) is 0 Å². The molecule has 0 spiro atoms. The van der Waals surface area contributed by atoms with Crippen LogP contribution in [0.4, 0.5) is 0 Å². The number of imidazole rings is 1. The number of hydrogen-bond donors (Lipinski definition) is 0. The molecule has 1 aliphatic rings. The summed E-state index contributed by atoms with van der Waals surface area (Å²) >= 11 is 0. The molecule has 0 radical (unpaired) electrons. The van der Waals surface area contributed by atoms with Gasteiger partial charge in [-0.2, -0.15) is 0 Å². The fourth-order valence-electron chi connectivity index (χ4n) is 2.36. The zero-order chi connectivity index (χ0) is 12.0. The maximum absolute atomic E-state index is 12.0. The molecule has 0 unspecified atom stereocenters. The van der Waals surface area contributed by atoms with Gasteiger partial charge < -0.3 is 9.47 Å². The lowest BCUT2D eigenvalue weighted by molar-refractivity contribution is -0.135. The van der Waals surface area contributed by atoms with Crippen molar-refractivity contribution >= 4 is 16.9 Å². The molecule has 2 aromatic rings. The smallest absolute Gasteiger partial charge is 0.243 e. The molecule has 0 saturated heterocycles. The number of hydrogen-bond acceptors (Lipinski definition) is 2. The maximum atomic E-state index is 12.0.